The van der Waals surface area contributed by atoms with Gasteiger partial charge in [-0.25, -0.2) is 0 Å². The van der Waals surface area contributed by atoms with Gasteiger partial charge in [0.25, 0.3) is 0 Å². The second-order valence-electron chi connectivity index (χ2n) is 3.40. The molecule has 0 saturated heterocycles. The monoisotopic (exact) mass is 325 g/mol. The maximum Gasteiger partial charge on any atom is 3.00 e. The maximum absolute atomic E-state index is 3.30. The summed E-state index contributed by atoms with van der Waals surface area (Å²) in [4.78, 5) is 0. The molecule has 2 aromatic carbocycles. The number of halogens is 2. The van der Waals surface area contributed by atoms with Crippen molar-refractivity contribution in [1.82, 2.24) is 0 Å². The molecule has 0 aromatic heterocycles. The molecular formula is C13H9Cl2Zr. The van der Waals surface area contributed by atoms with Crippen LogP contribution in [0.15, 0.2) is 42.5 Å². The summed E-state index contributed by atoms with van der Waals surface area (Å²) < 4.78 is 0. The summed E-state index contributed by atoms with van der Waals surface area (Å²) in [5, 5.41) is 0. The van der Waals surface area contributed by atoms with Gasteiger partial charge in [0, 0.05) is 0 Å². The van der Waals surface area contributed by atoms with Gasteiger partial charge in [-0.2, -0.15) is 29.8 Å². The van der Waals surface area contributed by atoms with Crippen LogP contribution >= 0.6 is 0 Å². The minimum Gasteiger partial charge on any atom is -1.00 e. The predicted molar refractivity (Wildman–Crippen MR) is 53.5 cm³/mol. The van der Waals surface area contributed by atoms with Crippen LogP contribution in [-0.2, 0) is 32.6 Å². The molecule has 0 N–H and O–H groups in total. The Labute approximate surface area is 127 Å². The van der Waals surface area contributed by atoms with Crippen LogP contribution in [0.4, 0.5) is 0 Å². The van der Waals surface area contributed by atoms with Crippen LogP contribution in [0.5, 0.6) is 0 Å². The summed E-state index contributed by atoms with van der Waals surface area (Å²) >= 11 is 0. The Kier molecular flexibility index (Phi) is 6.55. The van der Waals surface area contributed by atoms with Crippen molar-refractivity contribution in [2.75, 3.05) is 0 Å². The second-order valence-corrected chi connectivity index (χ2v) is 3.40. The fraction of sp³-hybridized carbons (Fsp3) is 0.0769. The van der Waals surface area contributed by atoms with E-state index >= 15 is 0 Å². The molecule has 0 aliphatic heterocycles. The van der Waals surface area contributed by atoms with Crippen LogP contribution in [0.25, 0.3) is 11.1 Å². The molecule has 16 heavy (non-hydrogen) atoms. The van der Waals surface area contributed by atoms with Gasteiger partial charge in [0.15, 0.2) is 0 Å². The van der Waals surface area contributed by atoms with Crippen molar-refractivity contribution in [3.8, 4) is 11.1 Å². The molecule has 1 aliphatic carbocycles. The van der Waals surface area contributed by atoms with Crippen LogP contribution in [0.3, 0.4) is 0 Å². The smallest absolute Gasteiger partial charge is 1.00 e. The van der Waals surface area contributed by atoms with E-state index in [4.69, 9.17) is 0 Å². The molecule has 0 unspecified atom stereocenters. The summed E-state index contributed by atoms with van der Waals surface area (Å²) in [6.45, 7) is 0. The van der Waals surface area contributed by atoms with E-state index in [9.17, 15) is 0 Å². The molecule has 0 bridgehead atoms. The Bertz CT molecular complexity index is 425. The Morgan fingerprint density at radius 2 is 1.56 bits per heavy atom. The van der Waals surface area contributed by atoms with E-state index in [1.54, 1.807) is 0 Å². The molecule has 0 nitrogen and oxygen atoms in total. The Balaban J connectivity index is 0.000000750. The van der Waals surface area contributed by atoms with Gasteiger partial charge in [0.1, 0.15) is 0 Å². The SMILES string of the molecule is [Cl-].[Cl-].[Zr+3].[c-]1cccc2c1Cc1ccccc1-2. The minimum atomic E-state index is 0. The first-order chi connectivity index (χ1) is 6.45. The molecule has 2 aromatic rings. The summed E-state index contributed by atoms with van der Waals surface area (Å²) in [5.41, 5.74) is 5.51. The van der Waals surface area contributed by atoms with Gasteiger partial charge in [0.05, 0.1) is 0 Å². The van der Waals surface area contributed by atoms with Crippen molar-refractivity contribution >= 4 is 0 Å². The molecule has 3 rings (SSSR count). The summed E-state index contributed by atoms with van der Waals surface area (Å²) in [6.07, 6.45) is 1.05. The van der Waals surface area contributed by atoms with Gasteiger partial charge in [0.2, 0.25) is 0 Å². The minimum absolute atomic E-state index is 0. The molecule has 0 saturated carbocycles. The van der Waals surface area contributed by atoms with Crippen LogP contribution < -0.4 is 24.8 Å². The largest absolute Gasteiger partial charge is 3.00 e. The van der Waals surface area contributed by atoms with E-state index in [-0.39, 0.29) is 51.0 Å². The Morgan fingerprint density at radius 1 is 0.875 bits per heavy atom. The molecule has 0 heterocycles. The van der Waals surface area contributed by atoms with Crippen molar-refractivity contribution in [3.05, 3.63) is 59.7 Å². The fourth-order valence-electron chi connectivity index (χ4n) is 2.00. The van der Waals surface area contributed by atoms with Gasteiger partial charge in [-0.3, -0.25) is 0 Å². The molecule has 3 heteroatoms. The van der Waals surface area contributed by atoms with Gasteiger partial charge >= 0.3 is 26.2 Å². The van der Waals surface area contributed by atoms with Crippen molar-refractivity contribution < 1.29 is 51.0 Å². The van der Waals surface area contributed by atoms with Crippen molar-refractivity contribution in [1.29, 1.82) is 0 Å². The summed E-state index contributed by atoms with van der Waals surface area (Å²) in [5.74, 6) is 0. The fourth-order valence-corrected chi connectivity index (χ4v) is 2.00. The number of hydrogen-bond donors (Lipinski definition) is 0. The van der Waals surface area contributed by atoms with E-state index < -0.39 is 0 Å². The van der Waals surface area contributed by atoms with Gasteiger partial charge in [-0.05, 0) is 6.42 Å². The van der Waals surface area contributed by atoms with Crippen LogP contribution in [0.1, 0.15) is 11.1 Å². The number of benzene rings is 2. The molecular weight excluding hydrogens is 318 g/mol. The number of rotatable bonds is 0. The third-order valence-corrected chi connectivity index (χ3v) is 2.62. The zero-order valence-corrected chi connectivity index (χ0v) is 12.5. The first-order valence-corrected chi connectivity index (χ1v) is 4.53. The predicted octanol–water partition coefficient (Wildman–Crippen LogP) is -2.94. The zero-order chi connectivity index (χ0) is 8.67. The summed E-state index contributed by atoms with van der Waals surface area (Å²) in [7, 11) is 0. The number of fused-ring (bicyclic) bond motifs is 3. The van der Waals surface area contributed by atoms with Gasteiger partial charge in [-0.15, -0.1) is 5.56 Å². The molecule has 0 spiro atoms. The molecule has 79 valence electrons. The third-order valence-electron chi connectivity index (χ3n) is 2.62. The van der Waals surface area contributed by atoms with Gasteiger partial charge < -0.3 is 24.8 Å². The average Bonchev–Trinajstić information content (AvgIpc) is 2.56. The molecule has 1 aliphatic rings. The standard InChI is InChI=1S/C13H9.2ClH.Zr/c1-3-7-12-10(5-1)9-11-6-2-4-8-13(11)12;;;/h1-5,7-8H,9H2;2*1H;/q-1;;;+3/p-2. The normalized spacial score (nSPS) is 10.0. The van der Waals surface area contributed by atoms with Crippen molar-refractivity contribution in [2.24, 2.45) is 0 Å². The topological polar surface area (TPSA) is 0 Å². The molecule has 0 atom stereocenters. The zero-order valence-electron chi connectivity index (χ0n) is 8.50. The van der Waals surface area contributed by atoms with E-state index in [2.05, 4.69) is 42.5 Å². The van der Waals surface area contributed by atoms with E-state index in [1.165, 1.54) is 22.3 Å². The van der Waals surface area contributed by atoms with Crippen LogP contribution in [-0.4, -0.2) is 0 Å². The van der Waals surface area contributed by atoms with Crippen molar-refractivity contribution in [3.63, 3.8) is 0 Å². The van der Waals surface area contributed by atoms with Crippen molar-refractivity contribution in [2.45, 2.75) is 6.42 Å². The average molecular weight is 327 g/mol. The van der Waals surface area contributed by atoms with Crippen LogP contribution in [0, 0.1) is 6.07 Å². The summed E-state index contributed by atoms with van der Waals surface area (Å²) in [6, 6.07) is 18.1. The molecule has 0 amide bonds. The van der Waals surface area contributed by atoms with Gasteiger partial charge in [-0.1, -0.05) is 35.4 Å². The third kappa shape index (κ3) is 2.59. The van der Waals surface area contributed by atoms with E-state index in [0.717, 1.165) is 6.42 Å². The Morgan fingerprint density at radius 3 is 2.38 bits per heavy atom. The maximum atomic E-state index is 3.30. The van der Waals surface area contributed by atoms with E-state index in [0.29, 0.717) is 0 Å². The van der Waals surface area contributed by atoms with E-state index in [1.807, 2.05) is 6.07 Å². The molecule has 1 radical (unpaired) electrons. The Hall–Kier alpha value is -0.0969. The second kappa shape index (κ2) is 6.59. The number of hydrogen-bond acceptors (Lipinski definition) is 0. The van der Waals surface area contributed by atoms with Crippen LogP contribution in [0.2, 0.25) is 0 Å². The first kappa shape index (κ1) is 15.9. The quantitative estimate of drug-likeness (QED) is 0.388. The molecule has 0 fully saturated rings. The first-order valence-electron chi connectivity index (χ1n) is 4.53.